The van der Waals surface area contributed by atoms with Crippen molar-refractivity contribution >= 4 is 9.84 Å². The van der Waals surface area contributed by atoms with E-state index < -0.39 is 9.84 Å². The van der Waals surface area contributed by atoms with Crippen molar-refractivity contribution in [3.8, 4) is 0 Å². The van der Waals surface area contributed by atoms with Gasteiger partial charge in [-0.15, -0.1) is 0 Å². The summed E-state index contributed by atoms with van der Waals surface area (Å²) in [4.78, 5) is 0.335. The van der Waals surface area contributed by atoms with E-state index in [1.165, 1.54) is 6.26 Å². The van der Waals surface area contributed by atoms with Crippen LogP contribution in [-0.4, -0.2) is 34.0 Å². The van der Waals surface area contributed by atoms with Gasteiger partial charge < -0.3 is 9.47 Å². The topological polar surface area (TPSA) is 55.9 Å². The largest absolute Gasteiger partial charge is 0.374 e. The van der Waals surface area contributed by atoms with Crippen molar-refractivity contribution in [2.75, 3.05) is 19.5 Å². The van der Waals surface area contributed by atoms with E-state index in [0.29, 0.717) is 18.1 Å². The molecule has 16 heavy (non-hydrogen) atoms. The van der Waals surface area contributed by atoms with Crippen LogP contribution in [-0.2, 0) is 25.9 Å². The van der Waals surface area contributed by atoms with E-state index in [-0.39, 0.29) is 6.10 Å². The van der Waals surface area contributed by atoms with E-state index in [0.717, 1.165) is 12.2 Å². The Morgan fingerprint density at radius 3 is 2.50 bits per heavy atom. The van der Waals surface area contributed by atoms with Crippen LogP contribution in [0.4, 0.5) is 0 Å². The Kier molecular flexibility index (Phi) is 3.28. The second-order valence-corrected chi connectivity index (χ2v) is 5.90. The summed E-state index contributed by atoms with van der Waals surface area (Å²) >= 11 is 0. The van der Waals surface area contributed by atoms with Crippen molar-refractivity contribution < 1.29 is 17.9 Å². The lowest BCUT2D eigenvalue weighted by Gasteiger charge is -2.03. The number of hydrogen-bond donors (Lipinski definition) is 0. The van der Waals surface area contributed by atoms with Crippen LogP contribution in [0, 0.1) is 0 Å². The van der Waals surface area contributed by atoms with Gasteiger partial charge in [-0.1, -0.05) is 12.1 Å². The van der Waals surface area contributed by atoms with Gasteiger partial charge in [0.25, 0.3) is 0 Å². The summed E-state index contributed by atoms with van der Waals surface area (Å²) < 4.78 is 32.8. The lowest BCUT2D eigenvalue weighted by Crippen LogP contribution is -2.02. The highest BCUT2D eigenvalue weighted by molar-refractivity contribution is 7.90. The predicted octanol–water partition coefficient (Wildman–Crippen LogP) is 1.01. The first kappa shape index (κ1) is 11.6. The molecule has 1 aliphatic heterocycles. The number of hydrogen-bond acceptors (Lipinski definition) is 4. The molecule has 4 nitrogen and oxygen atoms in total. The second kappa shape index (κ2) is 4.53. The van der Waals surface area contributed by atoms with Gasteiger partial charge in [0.05, 0.1) is 24.7 Å². The molecule has 88 valence electrons. The molecule has 0 saturated carbocycles. The Labute approximate surface area is 95.1 Å². The van der Waals surface area contributed by atoms with Crippen molar-refractivity contribution in [1.82, 2.24) is 0 Å². The molecular formula is C11H14O4S. The highest BCUT2D eigenvalue weighted by Gasteiger charge is 2.22. The van der Waals surface area contributed by atoms with Gasteiger partial charge in [-0.2, -0.15) is 0 Å². The summed E-state index contributed by atoms with van der Waals surface area (Å²) in [5, 5.41) is 0. The maximum absolute atomic E-state index is 11.2. The van der Waals surface area contributed by atoms with Crippen LogP contribution in [0.15, 0.2) is 29.2 Å². The van der Waals surface area contributed by atoms with Crippen molar-refractivity contribution in [2.24, 2.45) is 0 Å². The quantitative estimate of drug-likeness (QED) is 0.723. The zero-order chi connectivity index (χ0) is 11.6. The second-order valence-electron chi connectivity index (χ2n) is 3.89. The average molecular weight is 242 g/mol. The molecule has 1 saturated heterocycles. The van der Waals surface area contributed by atoms with Gasteiger partial charge >= 0.3 is 0 Å². The third kappa shape index (κ3) is 3.30. The molecule has 0 aliphatic carbocycles. The lowest BCUT2D eigenvalue weighted by molar-refractivity contribution is 0.104. The fourth-order valence-electron chi connectivity index (χ4n) is 1.31. The Bertz CT molecular complexity index is 445. The van der Waals surface area contributed by atoms with Crippen molar-refractivity contribution in [3.05, 3.63) is 29.8 Å². The van der Waals surface area contributed by atoms with Crippen LogP contribution in [0.5, 0.6) is 0 Å². The van der Waals surface area contributed by atoms with E-state index in [4.69, 9.17) is 9.47 Å². The first-order valence-electron chi connectivity index (χ1n) is 5.04. The van der Waals surface area contributed by atoms with Crippen LogP contribution in [0.2, 0.25) is 0 Å². The molecule has 0 unspecified atom stereocenters. The third-order valence-electron chi connectivity index (χ3n) is 2.33. The molecule has 1 fully saturated rings. The standard InChI is InChI=1S/C11H14O4S/c1-16(12,13)11-4-2-9(3-5-11)6-14-7-10-8-15-10/h2-5,10H,6-8H2,1H3/t10-/m0/s1. The Morgan fingerprint density at radius 1 is 1.38 bits per heavy atom. The molecule has 5 heteroatoms. The van der Waals surface area contributed by atoms with Gasteiger partial charge in [-0.25, -0.2) is 8.42 Å². The summed E-state index contributed by atoms with van der Waals surface area (Å²) in [7, 11) is -3.10. The number of rotatable bonds is 5. The van der Waals surface area contributed by atoms with Gasteiger partial charge in [-0.05, 0) is 17.7 Å². The Morgan fingerprint density at radius 2 is 2.00 bits per heavy atom. The summed E-state index contributed by atoms with van der Waals surface area (Å²) in [5.41, 5.74) is 0.966. The zero-order valence-electron chi connectivity index (χ0n) is 9.05. The van der Waals surface area contributed by atoms with Gasteiger partial charge in [0, 0.05) is 6.26 Å². The van der Waals surface area contributed by atoms with E-state index in [1.807, 2.05) is 0 Å². The molecule has 1 aliphatic rings. The molecule has 0 N–H and O–H groups in total. The monoisotopic (exact) mass is 242 g/mol. The Hall–Kier alpha value is -0.910. The number of epoxide rings is 1. The molecule has 1 heterocycles. The number of benzene rings is 1. The lowest BCUT2D eigenvalue weighted by atomic mass is 10.2. The molecule has 1 aromatic carbocycles. The van der Waals surface area contributed by atoms with Crippen LogP contribution >= 0.6 is 0 Å². The van der Waals surface area contributed by atoms with Gasteiger partial charge in [0.15, 0.2) is 9.84 Å². The molecule has 0 bridgehead atoms. The van der Waals surface area contributed by atoms with E-state index in [9.17, 15) is 8.42 Å². The molecule has 0 spiro atoms. The SMILES string of the molecule is CS(=O)(=O)c1ccc(COC[C@H]2CO2)cc1. The van der Waals surface area contributed by atoms with Crippen molar-refractivity contribution in [3.63, 3.8) is 0 Å². The molecule has 1 atom stereocenters. The first-order valence-corrected chi connectivity index (χ1v) is 6.93. The maximum atomic E-state index is 11.2. The highest BCUT2D eigenvalue weighted by atomic mass is 32.2. The fraction of sp³-hybridized carbons (Fsp3) is 0.455. The molecule has 2 rings (SSSR count). The molecule has 0 radical (unpaired) electrons. The summed E-state index contributed by atoms with van der Waals surface area (Å²) in [5.74, 6) is 0. The van der Waals surface area contributed by atoms with Crippen LogP contribution in [0.25, 0.3) is 0 Å². The average Bonchev–Trinajstić information content (AvgIpc) is 3.01. The number of ether oxygens (including phenoxy) is 2. The van der Waals surface area contributed by atoms with E-state index >= 15 is 0 Å². The Balaban J connectivity index is 1.90. The minimum atomic E-state index is -3.10. The van der Waals surface area contributed by atoms with Gasteiger partial charge in [0.1, 0.15) is 6.10 Å². The first-order chi connectivity index (χ1) is 7.55. The minimum Gasteiger partial charge on any atom is -0.374 e. The third-order valence-corrected chi connectivity index (χ3v) is 3.45. The highest BCUT2D eigenvalue weighted by Crippen LogP contribution is 2.13. The smallest absolute Gasteiger partial charge is 0.175 e. The van der Waals surface area contributed by atoms with Gasteiger partial charge in [-0.3, -0.25) is 0 Å². The molecule has 0 aromatic heterocycles. The summed E-state index contributed by atoms with van der Waals surface area (Å²) in [6, 6.07) is 6.73. The maximum Gasteiger partial charge on any atom is 0.175 e. The normalized spacial score (nSPS) is 19.7. The van der Waals surface area contributed by atoms with Gasteiger partial charge in [0.2, 0.25) is 0 Å². The van der Waals surface area contributed by atoms with E-state index in [2.05, 4.69) is 0 Å². The van der Waals surface area contributed by atoms with Crippen LogP contribution in [0.3, 0.4) is 0 Å². The molecule has 1 aromatic rings. The summed E-state index contributed by atoms with van der Waals surface area (Å²) in [6.07, 6.45) is 1.46. The molecule has 0 amide bonds. The fourth-order valence-corrected chi connectivity index (χ4v) is 1.94. The zero-order valence-corrected chi connectivity index (χ0v) is 9.87. The molecular weight excluding hydrogens is 228 g/mol. The van der Waals surface area contributed by atoms with Crippen LogP contribution in [0.1, 0.15) is 5.56 Å². The summed E-state index contributed by atoms with van der Waals surface area (Å²) in [6.45, 7) is 1.88. The predicted molar refractivity (Wildman–Crippen MR) is 58.9 cm³/mol. The minimum absolute atomic E-state index is 0.260. The van der Waals surface area contributed by atoms with Crippen molar-refractivity contribution in [2.45, 2.75) is 17.6 Å². The van der Waals surface area contributed by atoms with E-state index in [1.54, 1.807) is 24.3 Å². The number of sulfone groups is 1. The van der Waals surface area contributed by atoms with Crippen molar-refractivity contribution in [1.29, 1.82) is 0 Å². The van der Waals surface area contributed by atoms with Crippen LogP contribution < -0.4 is 0 Å².